The number of benzene rings is 1. The molecule has 0 aliphatic heterocycles. The number of hydrogen-bond donors (Lipinski definition) is 2. The Bertz CT molecular complexity index is 368. The van der Waals surface area contributed by atoms with Gasteiger partial charge in [0.25, 0.3) is 0 Å². The molecule has 0 heterocycles. The molecule has 3 N–H and O–H groups in total. The lowest BCUT2D eigenvalue weighted by atomic mass is 10.2. The van der Waals surface area contributed by atoms with E-state index < -0.39 is 5.82 Å². The van der Waals surface area contributed by atoms with Crippen molar-refractivity contribution in [2.24, 2.45) is 0 Å². The van der Waals surface area contributed by atoms with Gasteiger partial charge in [-0.2, -0.15) is 0 Å². The molecule has 0 saturated heterocycles. The molecule has 0 atom stereocenters. The van der Waals surface area contributed by atoms with Crippen molar-refractivity contribution in [3.63, 3.8) is 0 Å². The molecule has 82 valence electrons. The van der Waals surface area contributed by atoms with E-state index in [0.717, 1.165) is 0 Å². The smallest absolute Gasteiger partial charge is 0.321 e. The van der Waals surface area contributed by atoms with Gasteiger partial charge in [0, 0.05) is 13.6 Å². The molecule has 0 bridgehead atoms. The number of anilines is 2. The first-order chi connectivity index (χ1) is 7.04. The van der Waals surface area contributed by atoms with Gasteiger partial charge in [-0.1, -0.05) is 0 Å². The van der Waals surface area contributed by atoms with E-state index in [1.807, 2.05) is 6.92 Å². The molecule has 5 heteroatoms. The van der Waals surface area contributed by atoms with Gasteiger partial charge in [0.05, 0.1) is 11.4 Å². The maximum atomic E-state index is 12.9. The van der Waals surface area contributed by atoms with Gasteiger partial charge < -0.3 is 16.0 Å². The molecular formula is C10H14FN3O. The Hall–Kier alpha value is -1.78. The van der Waals surface area contributed by atoms with Crippen LogP contribution in [-0.2, 0) is 0 Å². The molecule has 0 unspecified atom stereocenters. The normalized spacial score (nSPS) is 9.80. The number of carbonyl (C=O) groups is 1. The molecule has 1 rings (SSSR count). The second-order valence-corrected chi connectivity index (χ2v) is 3.18. The van der Waals surface area contributed by atoms with E-state index in [0.29, 0.717) is 17.9 Å². The van der Waals surface area contributed by atoms with Gasteiger partial charge in [0.15, 0.2) is 0 Å². The summed E-state index contributed by atoms with van der Waals surface area (Å²) >= 11 is 0. The topological polar surface area (TPSA) is 58.4 Å². The highest BCUT2D eigenvalue weighted by atomic mass is 19.1. The predicted octanol–water partition coefficient (Wildman–Crippen LogP) is 1.89. The van der Waals surface area contributed by atoms with Crippen LogP contribution in [0.25, 0.3) is 0 Å². The van der Waals surface area contributed by atoms with Crippen molar-refractivity contribution in [2.45, 2.75) is 6.92 Å². The molecular weight excluding hydrogens is 197 g/mol. The number of nitrogens with one attached hydrogen (secondary N) is 1. The number of nitrogens with zero attached hydrogens (tertiary/aromatic N) is 1. The van der Waals surface area contributed by atoms with Gasteiger partial charge in [-0.05, 0) is 25.1 Å². The van der Waals surface area contributed by atoms with Crippen LogP contribution in [0.4, 0.5) is 20.6 Å². The van der Waals surface area contributed by atoms with Crippen LogP contribution in [0.2, 0.25) is 0 Å². The van der Waals surface area contributed by atoms with E-state index in [1.165, 1.54) is 23.1 Å². The van der Waals surface area contributed by atoms with Crippen LogP contribution < -0.4 is 11.1 Å². The Morgan fingerprint density at radius 2 is 2.27 bits per heavy atom. The van der Waals surface area contributed by atoms with Crippen molar-refractivity contribution >= 4 is 17.4 Å². The summed E-state index contributed by atoms with van der Waals surface area (Å²) in [6.07, 6.45) is 0. The van der Waals surface area contributed by atoms with Crippen LogP contribution in [0.3, 0.4) is 0 Å². The van der Waals surface area contributed by atoms with Crippen molar-refractivity contribution in [1.29, 1.82) is 0 Å². The molecule has 1 aromatic rings. The van der Waals surface area contributed by atoms with E-state index >= 15 is 0 Å². The Balaban J connectivity index is 2.80. The van der Waals surface area contributed by atoms with Crippen molar-refractivity contribution in [2.75, 3.05) is 24.6 Å². The fourth-order valence-electron chi connectivity index (χ4n) is 0.991. The Kier molecular flexibility index (Phi) is 3.49. The average Bonchev–Trinajstić information content (AvgIpc) is 2.22. The molecule has 0 spiro atoms. The number of nitrogens with two attached hydrogens (primary N) is 1. The third-order valence-electron chi connectivity index (χ3n) is 2.08. The number of nitrogen functional groups attached to an aromatic ring is 1. The largest absolute Gasteiger partial charge is 0.397 e. The monoisotopic (exact) mass is 211 g/mol. The van der Waals surface area contributed by atoms with E-state index in [9.17, 15) is 9.18 Å². The van der Waals surface area contributed by atoms with Crippen LogP contribution in [0.1, 0.15) is 6.92 Å². The third-order valence-corrected chi connectivity index (χ3v) is 2.08. The van der Waals surface area contributed by atoms with Gasteiger partial charge in [-0.15, -0.1) is 0 Å². The van der Waals surface area contributed by atoms with Gasteiger partial charge >= 0.3 is 6.03 Å². The summed E-state index contributed by atoms with van der Waals surface area (Å²) in [5, 5.41) is 2.52. The molecule has 0 fully saturated rings. The Morgan fingerprint density at radius 1 is 1.60 bits per heavy atom. The fraction of sp³-hybridized carbons (Fsp3) is 0.300. The molecule has 1 aromatic carbocycles. The first-order valence-corrected chi connectivity index (χ1v) is 4.61. The highest BCUT2D eigenvalue weighted by molar-refractivity contribution is 5.92. The second kappa shape index (κ2) is 4.63. The first kappa shape index (κ1) is 11.3. The summed E-state index contributed by atoms with van der Waals surface area (Å²) in [7, 11) is 1.64. The first-order valence-electron chi connectivity index (χ1n) is 4.61. The zero-order chi connectivity index (χ0) is 11.4. The predicted molar refractivity (Wildman–Crippen MR) is 58.1 cm³/mol. The van der Waals surface area contributed by atoms with Gasteiger partial charge in [0.2, 0.25) is 0 Å². The summed E-state index contributed by atoms with van der Waals surface area (Å²) in [4.78, 5) is 12.9. The maximum absolute atomic E-state index is 12.9. The van der Waals surface area contributed by atoms with E-state index in [1.54, 1.807) is 7.05 Å². The number of rotatable bonds is 2. The average molecular weight is 211 g/mol. The summed E-state index contributed by atoms with van der Waals surface area (Å²) in [6, 6.07) is 3.54. The Labute approximate surface area is 87.9 Å². The minimum Gasteiger partial charge on any atom is -0.397 e. The molecule has 4 nitrogen and oxygen atoms in total. The third kappa shape index (κ3) is 2.83. The van der Waals surface area contributed by atoms with Crippen molar-refractivity contribution in [3.05, 3.63) is 24.0 Å². The molecule has 2 amide bonds. The summed E-state index contributed by atoms with van der Waals surface area (Å²) < 4.78 is 12.9. The van der Waals surface area contributed by atoms with Gasteiger partial charge in [-0.3, -0.25) is 0 Å². The molecule has 0 aliphatic carbocycles. The molecule has 0 aliphatic rings. The summed E-state index contributed by atoms with van der Waals surface area (Å²) in [5.41, 5.74) is 6.21. The van der Waals surface area contributed by atoms with Crippen LogP contribution in [0.5, 0.6) is 0 Å². The lowest BCUT2D eigenvalue weighted by Crippen LogP contribution is -2.31. The minimum atomic E-state index is -0.432. The van der Waals surface area contributed by atoms with Crippen LogP contribution in [-0.4, -0.2) is 24.5 Å². The zero-order valence-corrected chi connectivity index (χ0v) is 8.75. The van der Waals surface area contributed by atoms with Crippen molar-refractivity contribution in [1.82, 2.24) is 4.90 Å². The quantitative estimate of drug-likeness (QED) is 0.734. The molecule has 0 aromatic heterocycles. The minimum absolute atomic E-state index is 0.292. The Morgan fingerprint density at radius 3 is 2.87 bits per heavy atom. The lowest BCUT2D eigenvalue weighted by Gasteiger charge is -2.16. The number of urea groups is 1. The van der Waals surface area contributed by atoms with Crippen LogP contribution in [0.15, 0.2) is 18.2 Å². The highest BCUT2D eigenvalue weighted by Gasteiger charge is 2.08. The maximum Gasteiger partial charge on any atom is 0.321 e. The highest BCUT2D eigenvalue weighted by Crippen LogP contribution is 2.19. The summed E-state index contributed by atoms with van der Waals surface area (Å²) in [6.45, 7) is 2.41. The standard InChI is InChI=1S/C10H14FN3O/c1-3-14(2)10(15)13-9-6-7(11)4-5-8(9)12/h4-6H,3,12H2,1-2H3,(H,13,15). The van der Waals surface area contributed by atoms with E-state index in [-0.39, 0.29) is 6.03 Å². The SMILES string of the molecule is CCN(C)C(=O)Nc1cc(F)ccc1N. The van der Waals surface area contributed by atoms with Crippen LogP contribution in [0, 0.1) is 5.82 Å². The van der Waals surface area contributed by atoms with Crippen molar-refractivity contribution < 1.29 is 9.18 Å². The van der Waals surface area contributed by atoms with Gasteiger partial charge in [0.1, 0.15) is 5.82 Å². The summed E-state index contributed by atoms with van der Waals surface area (Å²) in [5.74, 6) is -0.432. The number of carbonyl (C=O) groups excluding carboxylic acids is 1. The molecule has 0 saturated carbocycles. The van der Waals surface area contributed by atoms with E-state index in [2.05, 4.69) is 5.32 Å². The molecule has 0 radical (unpaired) electrons. The fourth-order valence-corrected chi connectivity index (χ4v) is 0.991. The van der Waals surface area contributed by atoms with Crippen molar-refractivity contribution in [3.8, 4) is 0 Å². The number of hydrogen-bond acceptors (Lipinski definition) is 2. The van der Waals surface area contributed by atoms with E-state index in [4.69, 9.17) is 5.73 Å². The molecule has 15 heavy (non-hydrogen) atoms. The zero-order valence-electron chi connectivity index (χ0n) is 8.75. The lowest BCUT2D eigenvalue weighted by molar-refractivity contribution is 0.224. The second-order valence-electron chi connectivity index (χ2n) is 3.18. The van der Waals surface area contributed by atoms with Gasteiger partial charge in [-0.25, -0.2) is 9.18 Å². The van der Waals surface area contributed by atoms with Crippen LogP contribution >= 0.6 is 0 Å². The number of halogens is 1. The number of amides is 2.